The Hall–Kier alpha value is -0.590. The maximum Gasteiger partial charge on any atom is 0.348 e. The number of cyclic esters (lactones) is 1. The molecule has 0 N–H and O–H groups in total. The molecule has 1 rings (SSSR count). The van der Waals surface area contributed by atoms with Crippen molar-refractivity contribution in [1.29, 1.82) is 0 Å². The lowest BCUT2D eigenvalue weighted by Crippen LogP contribution is -2.31. The molecule has 1 fully saturated rings. The van der Waals surface area contributed by atoms with E-state index in [1.165, 1.54) is 0 Å². The summed E-state index contributed by atoms with van der Waals surface area (Å²) in [4.78, 5) is 22.4. The molecule has 4 nitrogen and oxygen atoms in total. The number of hydrogen-bond donors (Lipinski definition) is 0. The molecule has 1 aliphatic heterocycles. The van der Waals surface area contributed by atoms with E-state index in [0.29, 0.717) is 0 Å². The molecule has 0 aliphatic carbocycles. The molecule has 0 aromatic carbocycles. The SMILES string of the molecule is C=CC(=O)OC1C(=O)OC(CC)C1CI. The van der Waals surface area contributed by atoms with Crippen LogP contribution in [0.5, 0.6) is 0 Å². The number of halogens is 1. The fourth-order valence-corrected chi connectivity index (χ4v) is 2.58. The van der Waals surface area contributed by atoms with Gasteiger partial charge in [-0.3, -0.25) is 0 Å². The first-order valence-electron chi connectivity index (χ1n) is 4.73. The third kappa shape index (κ3) is 2.70. The predicted octanol–water partition coefficient (Wildman–Crippen LogP) is 1.47. The third-order valence-corrected chi connectivity index (χ3v) is 3.37. The molecule has 0 aromatic rings. The van der Waals surface area contributed by atoms with Gasteiger partial charge in [0.1, 0.15) is 6.10 Å². The fourth-order valence-electron chi connectivity index (χ4n) is 1.55. The van der Waals surface area contributed by atoms with Crippen LogP contribution in [-0.4, -0.2) is 28.6 Å². The standard InChI is InChI=1S/C10H13IO4/c1-3-7-6(5-11)9(10(13)14-7)15-8(12)4-2/h4,6-7,9H,2-3,5H2,1H3. The van der Waals surface area contributed by atoms with Crippen LogP contribution in [-0.2, 0) is 19.1 Å². The van der Waals surface area contributed by atoms with E-state index in [-0.39, 0.29) is 12.0 Å². The molecule has 15 heavy (non-hydrogen) atoms. The highest BCUT2D eigenvalue weighted by Gasteiger charge is 2.45. The quantitative estimate of drug-likeness (QED) is 0.340. The summed E-state index contributed by atoms with van der Waals surface area (Å²) >= 11 is 2.16. The summed E-state index contributed by atoms with van der Waals surface area (Å²) in [7, 11) is 0. The van der Waals surface area contributed by atoms with Gasteiger partial charge in [-0.1, -0.05) is 36.1 Å². The Balaban J connectivity index is 2.72. The minimum Gasteiger partial charge on any atom is -0.459 e. The van der Waals surface area contributed by atoms with Gasteiger partial charge in [0, 0.05) is 10.5 Å². The molecular weight excluding hydrogens is 311 g/mol. The molecule has 3 atom stereocenters. The summed E-state index contributed by atoms with van der Waals surface area (Å²) < 4.78 is 10.8. The van der Waals surface area contributed by atoms with Gasteiger partial charge in [-0.05, 0) is 6.42 Å². The zero-order valence-electron chi connectivity index (χ0n) is 8.44. The predicted molar refractivity (Wildman–Crippen MR) is 62.6 cm³/mol. The van der Waals surface area contributed by atoms with Gasteiger partial charge >= 0.3 is 11.9 Å². The maximum absolute atomic E-state index is 11.4. The second kappa shape index (κ2) is 5.48. The second-order valence-electron chi connectivity index (χ2n) is 3.26. The highest BCUT2D eigenvalue weighted by atomic mass is 127. The smallest absolute Gasteiger partial charge is 0.348 e. The van der Waals surface area contributed by atoms with Crippen molar-refractivity contribution in [3.8, 4) is 0 Å². The fraction of sp³-hybridized carbons (Fsp3) is 0.600. The van der Waals surface area contributed by atoms with Gasteiger partial charge in [-0.25, -0.2) is 9.59 Å². The van der Waals surface area contributed by atoms with Crippen LogP contribution in [0.25, 0.3) is 0 Å². The largest absolute Gasteiger partial charge is 0.459 e. The lowest BCUT2D eigenvalue weighted by molar-refractivity contribution is -0.158. The van der Waals surface area contributed by atoms with Gasteiger partial charge < -0.3 is 9.47 Å². The Morgan fingerprint density at radius 3 is 2.87 bits per heavy atom. The molecule has 1 heterocycles. The molecule has 1 saturated heterocycles. The van der Waals surface area contributed by atoms with Crippen LogP contribution < -0.4 is 0 Å². The molecule has 0 saturated carbocycles. The average Bonchev–Trinajstić information content (AvgIpc) is 2.55. The van der Waals surface area contributed by atoms with Crippen LogP contribution in [0.1, 0.15) is 13.3 Å². The maximum atomic E-state index is 11.4. The van der Waals surface area contributed by atoms with Crippen molar-refractivity contribution in [2.24, 2.45) is 5.92 Å². The van der Waals surface area contributed by atoms with Gasteiger partial charge in [-0.15, -0.1) is 0 Å². The van der Waals surface area contributed by atoms with E-state index in [2.05, 4.69) is 29.2 Å². The zero-order chi connectivity index (χ0) is 11.4. The van der Waals surface area contributed by atoms with Gasteiger partial charge in [-0.2, -0.15) is 0 Å². The van der Waals surface area contributed by atoms with Gasteiger partial charge in [0.15, 0.2) is 0 Å². The van der Waals surface area contributed by atoms with Crippen LogP contribution >= 0.6 is 22.6 Å². The van der Waals surface area contributed by atoms with Crippen LogP contribution in [0.15, 0.2) is 12.7 Å². The van der Waals surface area contributed by atoms with Crippen molar-refractivity contribution < 1.29 is 19.1 Å². The summed E-state index contributed by atoms with van der Waals surface area (Å²) in [6.45, 7) is 5.23. The zero-order valence-corrected chi connectivity index (χ0v) is 10.6. The van der Waals surface area contributed by atoms with Crippen molar-refractivity contribution in [3.63, 3.8) is 0 Å². The van der Waals surface area contributed by atoms with Gasteiger partial charge in [0.25, 0.3) is 0 Å². The van der Waals surface area contributed by atoms with Crippen molar-refractivity contribution in [3.05, 3.63) is 12.7 Å². The van der Waals surface area contributed by atoms with Crippen molar-refractivity contribution in [1.82, 2.24) is 0 Å². The molecule has 84 valence electrons. The van der Waals surface area contributed by atoms with Crippen LogP contribution in [0.4, 0.5) is 0 Å². The molecule has 0 radical (unpaired) electrons. The van der Waals surface area contributed by atoms with Crippen LogP contribution in [0, 0.1) is 5.92 Å². The van der Waals surface area contributed by atoms with E-state index in [4.69, 9.17) is 9.47 Å². The van der Waals surface area contributed by atoms with E-state index in [1.807, 2.05) is 6.92 Å². The lowest BCUT2D eigenvalue weighted by Gasteiger charge is -2.16. The first-order chi connectivity index (χ1) is 7.13. The van der Waals surface area contributed by atoms with E-state index >= 15 is 0 Å². The highest BCUT2D eigenvalue weighted by molar-refractivity contribution is 14.1. The van der Waals surface area contributed by atoms with Crippen LogP contribution in [0.2, 0.25) is 0 Å². The minimum absolute atomic E-state index is 0.0491. The summed E-state index contributed by atoms with van der Waals surface area (Å²) in [5.74, 6) is -1.07. The molecule has 0 spiro atoms. The summed E-state index contributed by atoms with van der Waals surface area (Å²) in [5, 5.41) is 0. The number of hydrogen-bond acceptors (Lipinski definition) is 4. The minimum atomic E-state index is -0.766. The topological polar surface area (TPSA) is 52.6 Å². The van der Waals surface area contributed by atoms with Gasteiger partial charge in [0.2, 0.25) is 6.10 Å². The number of carbonyl (C=O) groups excluding carboxylic acids is 2. The Bertz CT molecular complexity index is 277. The number of carbonyl (C=O) groups is 2. The first-order valence-corrected chi connectivity index (χ1v) is 6.26. The first kappa shape index (κ1) is 12.5. The monoisotopic (exact) mass is 324 g/mol. The summed E-state index contributed by atoms with van der Waals surface area (Å²) in [6, 6.07) is 0. The summed E-state index contributed by atoms with van der Waals surface area (Å²) in [5.41, 5.74) is 0. The Kier molecular flexibility index (Phi) is 4.56. The average molecular weight is 324 g/mol. The molecule has 0 amide bonds. The molecule has 1 aliphatic rings. The Morgan fingerprint density at radius 1 is 1.73 bits per heavy atom. The van der Waals surface area contributed by atoms with Crippen molar-refractivity contribution in [2.45, 2.75) is 25.6 Å². The highest BCUT2D eigenvalue weighted by Crippen LogP contribution is 2.29. The number of esters is 2. The molecule has 5 heteroatoms. The number of alkyl halides is 1. The molecular formula is C10H13IO4. The third-order valence-electron chi connectivity index (χ3n) is 2.36. The van der Waals surface area contributed by atoms with E-state index in [1.54, 1.807) is 0 Å². The van der Waals surface area contributed by atoms with E-state index in [9.17, 15) is 9.59 Å². The number of rotatable bonds is 4. The lowest BCUT2D eigenvalue weighted by atomic mass is 9.99. The molecule has 3 unspecified atom stereocenters. The normalized spacial score (nSPS) is 29.7. The number of ether oxygens (including phenoxy) is 2. The van der Waals surface area contributed by atoms with E-state index in [0.717, 1.165) is 16.9 Å². The van der Waals surface area contributed by atoms with Crippen molar-refractivity contribution >= 4 is 34.5 Å². The Labute approximate surface area is 102 Å². The molecule has 0 bridgehead atoms. The van der Waals surface area contributed by atoms with Gasteiger partial charge in [0.05, 0.1) is 5.92 Å². The Morgan fingerprint density at radius 2 is 2.40 bits per heavy atom. The van der Waals surface area contributed by atoms with Crippen LogP contribution in [0.3, 0.4) is 0 Å². The molecule has 0 aromatic heterocycles. The van der Waals surface area contributed by atoms with E-state index < -0.39 is 18.0 Å². The summed E-state index contributed by atoms with van der Waals surface area (Å²) in [6.07, 6.45) is 0.882. The second-order valence-corrected chi connectivity index (χ2v) is 4.14. The van der Waals surface area contributed by atoms with Crippen molar-refractivity contribution in [2.75, 3.05) is 4.43 Å².